The maximum atomic E-state index is 12.3. The molecule has 18 heavy (non-hydrogen) atoms. The third kappa shape index (κ3) is 6.31. The first-order valence-corrected chi connectivity index (χ1v) is 6.70. The molecule has 1 nitrogen and oxygen atoms in total. The van der Waals surface area contributed by atoms with Gasteiger partial charge in [0, 0.05) is 10.9 Å². The van der Waals surface area contributed by atoms with Crippen LogP contribution < -0.4 is 5.73 Å². The fourth-order valence-electron chi connectivity index (χ4n) is 1.79. The Morgan fingerprint density at radius 1 is 1.28 bits per heavy atom. The quantitative estimate of drug-likeness (QED) is 0.813. The summed E-state index contributed by atoms with van der Waals surface area (Å²) in [7, 11) is 0. The van der Waals surface area contributed by atoms with Crippen LogP contribution in [-0.4, -0.2) is 11.6 Å². The monoisotopic (exact) mass is 277 g/mol. The Bertz CT molecular complexity index is 388. The molecule has 102 valence electrons. The molecular formula is C13H18F3NS. The Morgan fingerprint density at radius 2 is 1.94 bits per heavy atom. The van der Waals surface area contributed by atoms with E-state index in [1.807, 2.05) is 19.9 Å². The van der Waals surface area contributed by atoms with E-state index in [0.29, 0.717) is 0 Å². The summed E-state index contributed by atoms with van der Waals surface area (Å²) in [6, 6.07) is 5.25. The number of aryl methyl sites for hydroxylation is 2. The van der Waals surface area contributed by atoms with Gasteiger partial charge in [0.15, 0.2) is 0 Å². The van der Waals surface area contributed by atoms with E-state index < -0.39 is 5.51 Å². The van der Waals surface area contributed by atoms with E-state index in [1.165, 1.54) is 0 Å². The summed E-state index contributed by atoms with van der Waals surface area (Å²) in [5.74, 6) is 0. The lowest BCUT2D eigenvalue weighted by Crippen LogP contribution is -2.14. The number of hydrogen-bond acceptors (Lipinski definition) is 2. The lowest BCUT2D eigenvalue weighted by Gasteiger charge is -2.10. The molecule has 1 unspecified atom stereocenters. The van der Waals surface area contributed by atoms with Crippen molar-refractivity contribution >= 4 is 11.8 Å². The average Bonchev–Trinajstić information content (AvgIpc) is 2.12. The molecule has 1 aromatic rings. The van der Waals surface area contributed by atoms with E-state index in [1.54, 1.807) is 12.1 Å². The molecule has 0 aliphatic carbocycles. The lowest BCUT2D eigenvalue weighted by molar-refractivity contribution is -0.0328. The van der Waals surface area contributed by atoms with Crippen LogP contribution in [-0.2, 0) is 6.42 Å². The minimum atomic E-state index is -4.23. The van der Waals surface area contributed by atoms with Crippen molar-refractivity contribution in [1.29, 1.82) is 0 Å². The van der Waals surface area contributed by atoms with Gasteiger partial charge in [-0.15, -0.1) is 0 Å². The molecule has 1 rings (SSSR count). The van der Waals surface area contributed by atoms with Gasteiger partial charge in [-0.25, -0.2) is 0 Å². The minimum Gasteiger partial charge on any atom is -0.328 e. The maximum Gasteiger partial charge on any atom is 0.446 e. The highest BCUT2D eigenvalue weighted by atomic mass is 32.2. The van der Waals surface area contributed by atoms with Gasteiger partial charge in [-0.2, -0.15) is 13.2 Å². The summed E-state index contributed by atoms with van der Waals surface area (Å²) in [5, 5.41) is 0. The number of thioether (sulfide) groups is 1. The number of rotatable bonds is 5. The zero-order valence-electron chi connectivity index (χ0n) is 10.6. The molecule has 1 atom stereocenters. The van der Waals surface area contributed by atoms with Crippen LogP contribution in [0.3, 0.4) is 0 Å². The van der Waals surface area contributed by atoms with Gasteiger partial charge < -0.3 is 5.73 Å². The molecular weight excluding hydrogens is 259 g/mol. The largest absolute Gasteiger partial charge is 0.446 e. The first kappa shape index (κ1) is 15.4. The number of benzene rings is 1. The molecule has 0 heterocycles. The van der Waals surface area contributed by atoms with Crippen LogP contribution in [0.1, 0.15) is 30.9 Å². The zero-order chi connectivity index (χ0) is 13.8. The van der Waals surface area contributed by atoms with Crippen molar-refractivity contribution in [3.63, 3.8) is 0 Å². The zero-order valence-corrected chi connectivity index (χ0v) is 11.4. The van der Waals surface area contributed by atoms with Crippen LogP contribution >= 0.6 is 11.8 Å². The SMILES string of the molecule is Cc1cc(CCCC(C)N)cc(SC(F)(F)F)c1. The van der Waals surface area contributed by atoms with Crippen LogP contribution in [0.2, 0.25) is 0 Å². The molecule has 0 fully saturated rings. The van der Waals surface area contributed by atoms with E-state index in [4.69, 9.17) is 5.73 Å². The molecule has 0 amide bonds. The molecule has 0 radical (unpaired) electrons. The lowest BCUT2D eigenvalue weighted by atomic mass is 10.0. The number of alkyl halides is 3. The van der Waals surface area contributed by atoms with Crippen LogP contribution in [0, 0.1) is 6.92 Å². The first-order chi connectivity index (χ1) is 8.26. The van der Waals surface area contributed by atoms with Gasteiger partial charge in [-0.3, -0.25) is 0 Å². The fraction of sp³-hybridized carbons (Fsp3) is 0.538. The molecule has 0 aliphatic rings. The van der Waals surface area contributed by atoms with Gasteiger partial charge in [-0.05, 0) is 68.1 Å². The Hall–Kier alpha value is -0.680. The summed E-state index contributed by atoms with van der Waals surface area (Å²) >= 11 is -0.0559. The molecule has 0 aliphatic heterocycles. The Morgan fingerprint density at radius 3 is 2.50 bits per heavy atom. The van der Waals surface area contributed by atoms with Crippen molar-refractivity contribution in [1.82, 2.24) is 0 Å². The van der Waals surface area contributed by atoms with E-state index in [9.17, 15) is 13.2 Å². The third-order valence-electron chi connectivity index (χ3n) is 2.47. The molecule has 0 saturated carbocycles. The number of halogens is 3. The van der Waals surface area contributed by atoms with Gasteiger partial charge in [0.25, 0.3) is 0 Å². The second-order valence-corrected chi connectivity index (χ2v) is 5.71. The van der Waals surface area contributed by atoms with Crippen LogP contribution in [0.15, 0.2) is 23.1 Å². The standard InChI is InChI=1S/C13H18F3NS/c1-9-6-11(5-3-4-10(2)17)8-12(7-9)18-13(14,15)16/h6-8,10H,3-5,17H2,1-2H3. The highest BCUT2D eigenvalue weighted by molar-refractivity contribution is 8.00. The predicted molar refractivity (Wildman–Crippen MR) is 69.7 cm³/mol. The Labute approximate surface area is 110 Å². The van der Waals surface area contributed by atoms with Crippen molar-refractivity contribution in [2.75, 3.05) is 0 Å². The van der Waals surface area contributed by atoms with Gasteiger partial charge in [0.2, 0.25) is 0 Å². The van der Waals surface area contributed by atoms with Crippen LogP contribution in [0.25, 0.3) is 0 Å². The molecule has 0 bridgehead atoms. The average molecular weight is 277 g/mol. The number of hydrogen-bond donors (Lipinski definition) is 1. The molecule has 0 spiro atoms. The smallest absolute Gasteiger partial charge is 0.328 e. The van der Waals surface area contributed by atoms with Crippen LogP contribution in [0.5, 0.6) is 0 Å². The van der Waals surface area contributed by atoms with Gasteiger partial charge in [0.05, 0.1) is 0 Å². The van der Waals surface area contributed by atoms with Crippen molar-refractivity contribution in [3.05, 3.63) is 29.3 Å². The molecule has 0 saturated heterocycles. The predicted octanol–water partition coefficient (Wildman–Crippen LogP) is 4.28. The Balaban J connectivity index is 2.69. The Kier molecular flexibility index (Phi) is 5.53. The van der Waals surface area contributed by atoms with Gasteiger partial charge >= 0.3 is 5.51 Å². The topological polar surface area (TPSA) is 26.0 Å². The van der Waals surface area contributed by atoms with E-state index in [-0.39, 0.29) is 22.7 Å². The summed E-state index contributed by atoms with van der Waals surface area (Å²) in [5.41, 5.74) is 3.23. The molecule has 2 N–H and O–H groups in total. The second kappa shape index (κ2) is 6.48. The summed E-state index contributed by atoms with van der Waals surface area (Å²) in [4.78, 5) is 0.262. The van der Waals surface area contributed by atoms with E-state index in [0.717, 1.165) is 30.4 Å². The molecule has 1 aromatic carbocycles. The molecule has 0 aromatic heterocycles. The van der Waals surface area contributed by atoms with Crippen molar-refractivity contribution < 1.29 is 13.2 Å². The first-order valence-electron chi connectivity index (χ1n) is 5.88. The number of nitrogens with two attached hydrogens (primary N) is 1. The van der Waals surface area contributed by atoms with Gasteiger partial charge in [-0.1, -0.05) is 6.07 Å². The normalized spacial score (nSPS) is 13.7. The van der Waals surface area contributed by atoms with Crippen molar-refractivity contribution in [2.45, 2.75) is 49.6 Å². The highest BCUT2D eigenvalue weighted by Crippen LogP contribution is 2.37. The highest BCUT2D eigenvalue weighted by Gasteiger charge is 2.29. The van der Waals surface area contributed by atoms with Crippen LogP contribution in [0.4, 0.5) is 13.2 Å². The van der Waals surface area contributed by atoms with Gasteiger partial charge in [0.1, 0.15) is 0 Å². The second-order valence-electron chi connectivity index (χ2n) is 4.57. The van der Waals surface area contributed by atoms with E-state index >= 15 is 0 Å². The minimum absolute atomic E-state index is 0.0559. The fourth-order valence-corrected chi connectivity index (χ4v) is 2.51. The maximum absolute atomic E-state index is 12.3. The summed E-state index contributed by atoms with van der Waals surface area (Å²) in [6.45, 7) is 3.75. The van der Waals surface area contributed by atoms with Crippen molar-refractivity contribution in [3.8, 4) is 0 Å². The third-order valence-corrected chi connectivity index (χ3v) is 3.17. The summed E-state index contributed by atoms with van der Waals surface area (Å²) in [6.07, 6.45) is 2.56. The van der Waals surface area contributed by atoms with E-state index in [2.05, 4.69) is 0 Å². The summed E-state index contributed by atoms with van der Waals surface area (Å²) < 4.78 is 36.9. The van der Waals surface area contributed by atoms with Crippen molar-refractivity contribution in [2.24, 2.45) is 5.73 Å². The molecule has 5 heteroatoms.